The van der Waals surface area contributed by atoms with E-state index in [4.69, 9.17) is 0 Å². The Morgan fingerprint density at radius 3 is 2.88 bits per heavy atom. The molecule has 0 aliphatic carbocycles. The molecule has 0 unspecified atom stereocenters. The second-order valence-electron chi connectivity index (χ2n) is 3.91. The highest BCUT2D eigenvalue weighted by Crippen LogP contribution is 2.16. The average Bonchev–Trinajstić information content (AvgIpc) is 2.29. The van der Waals surface area contributed by atoms with Crippen LogP contribution in [-0.4, -0.2) is 33.1 Å². The number of benzene rings is 1. The Labute approximate surface area is 102 Å². The number of hydrogen-bond acceptors (Lipinski definition) is 3. The van der Waals surface area contributed by atoms with Crippen LogP contribution in [0.1, 0.15) is 0 Å². The van der Waals surface area contributed by atoms with E-state index in [1.165, 1.54) is 0 Å². The lowest BCUT2D eigenvalue weighted by Gasteiger charge is -2.14. The number of rotatable bonds is 6. The van der Waals surface area contributed by atoms with E-state index in [9.17, 15) is 4.79 Å². The van der Waals surface area contributed by atoms with Crippen LogP contribution in [0.5, 0.6) is 0 Å². The van der Waals surface area contributed by atoms with Crippen molar-refractivity contribution < 1.29 is 4.79 Å². The highest BCUT2D eigenvalue weighted by atomic mass is 16.1. The first kappa shape index (κ1) is 13.3. The third-order valence-corrected chi connectivity index (χ3v) is 2.22. The molecule has 0 radical (unpaired) electrons. The maximum absolute atomic E-state index is 11.5. The third kappa shape index (κ3) is 4.70. The normalized spacial score (nSPS) is 9.76. The molecule has 0 aliphatic rings. The zero-order chi connectivity index (χ0) is 12.7. The fourth-order valence-corrected chi connectivity index (χ4v) is 1.35. The molecule has 0 saturated heterocycles. The van der Waals surface area contributed by atoms with Gasteiger partial charge in [0.15, 0.2) is 0 Å². The monoisotopic (exact) mass is 233 g/mol. The van der Waals surface area contributed by atoms with Gasteiger partial charge in [0, 0.05) is 32.0 Å². The quantitative estimate of drug-likeness (QED) is 0.577. The largest absolute Gasteiger partial charge is 0.378 e. The summed E-state index contributed by atoms with van der Waals surface area (Å²) in [5, 5.41) is 5.79. The van der Waals surface area contributed by atoms with Gasteiger partial charge in [0.1, 0.15) is 0 Å². The summed E-state index contributed by atoms with van der Waals surface area (Å²) in [6.45, 7) is 4.49. The fourth-order valence-electron chi connectivity index (χ4n) is 1.35. The van der Waals surface area contributed by atoms with Crippen LogP contribution in [0.2, 0.25) is 0 Å². The SMILES string of the molecule is C=CCNCC(=O)Nc1cccc(N(C)C)c1. The first-order valence-corrected chi connectivity index (χ1v) is 5.52. The number of nitrogens with zero attached hydrogens (tertiary/aromatic N) is 1. The van der Waals surface area contributed by atoms with Crippen LogP contribution in [0.3, 0.4) is 0 Å². The fraction of sp³-hybridized carbons (Fsp3) is 0.308. The van der Waals surface area contributed by atoms with Gasteiger partial charge >= 0.3 is 0 Å². The maximum atomic E-state index is 11.5. The molecule has 2 N–H and O–H groups in total. The number of hydrogen-bond donors (Lipinski definition) is 2. The molecule has 0 aromatic heterocycles. The molecule has 0 heterocycles. The van der Waals surface area contributed by atoms with Gasteiger partial charge in [0.25, 0.3) is 0 Å². The summed E-state index contributed by atoms with van der Waals surface area (Å²) in [6, 6.07) is 7.72. The molecule has 17 heavy (non-hydrogen) atoms. The molecule has 0 spiro atoms. The summed E-state index contributed by atoms with van der Waals surface area (Å²) >= 11 is 0. The van der Waals surface area contributed by atoms with Crippen molar-refractivity contribution >= 4 is 17.3 Å². The zero-order valence-electron chi connectivity index (χ0n) is 10.4. The van der Waals surface area contributed by atoms with Crippen molar-refractivity contribution in [2.75, 3.05) is 37.4 Å². The number of amides is 1. The Balaban J connectivity index is 2.53. The summed E-state index contributed by atoms with van der Waals surface area (Å²) in [7, 11) is 3.93. The molecule has 0 saturated carbocycles. The van der Waals surface area contributed by atoms with E-state index in [1.807, 2.05) is 43.3 Å². The van der Waals surface area contributed by atoms with E-state index in [2.05, 4.69) is 17.2 Å². The predicted octanol–water partition coefficient (Wildman–Crippen LogP) is 1.47. The molecule has 4 heteroatoms. The summed E-state index contributed by atoms with van der Waals surface area (Å²) in [4.78, 5) is 13.5. The molecule has 92 valence electrons. The average molecular weight is 233 g/mol. The van der Waals surface area contributed by atoms with Crippen LogP contribution >= 0.6 is 0 Å². The van der Waals surface area contributed by atoms with Crippen LogP contribution in [0.25, 0.3) is 0 Å². The van der Waals surface area contributed by atoms with E-state index in [-0.39, 0.29) is 12.5 Å². The summed E-state index contributed by atoms with van der Waals surface area (Å²) < 4.78 is 0. The highest BCUT2D eigenvalue weighted by Gasteiger charge is 2.02. The molecule has 1 aromatic rings. The Kier molecular flexibility index (Phi) is 5.23. The van der Waals surface area contributed by atoms with Crippen molar-refractivity contribution in [1.82, 2.24) is 5.32 Å². The predicted molar refractivity (Wildman–Crippen MR) is 72.5 cm³/mol. The second-order valence-corrected chi connectivity index (χ2v) is 3.91. The first-order chi connectivity index (χ1) is 8.13. The first-order valence-electron chi connectivity index (χ1n) is 5.52. The van der Waals surface area contributed by atoms with Crippen molar-refractivity contribution in [3.05, 3.63) is 36.9 Å². The van der Waals surface area contributed by atoms with Gasteiger partial charge in [-0.3, -0.25) is 4.79 Å². The molecular formula is C13H19N3O. The van der Waals surface area contributed by atoms with Gasteiger partial charge < -0.3 is 15.5 Å². The minimum absolute atomic E-state index is 0.0530. The second kappa shape index (κ2) is 6.70. The van der Waals surface area contributed by atoms with Crippen molar-refractivity contribution in [1.29, 1.82) is 0 Å². The molecule has 1 rings (SSSR count). The van der Waals surface area contributed by atoms with Crippen LogP contribution in [0.15, 0.2) is 36.9 Å². The lowest BCUT2D eigenvalue weighted by molar-refractivity contribution is -0.115. The van der Waals surface area contributed by atoms with Gasteiger partial charge in [-0.05, 0) is 18.2 Å². The molecule has 0 bridgehead atoms. The van der Waals surface area contributed by atoms with E-state index in [0.717, 1.165) is 11.4 Å². The smallest absolute Gasteiger partial charge is 0.238 e. The standard InChI is InChI=1S/C13H19N3O/c1-4-8-14-10-13(17)15-11-6-5-7-12(9-11)16(2)3/h4-7,9,14H,1,8,10H2,2-3H3,(H,15,17). The van der Waals surface area contributed by atoms with Crippen LogP contribution < -0.4 is 15.5 Å². The minimum atomic E-state index is -0.0530. The van der Waals surface area contributed by atoms with Gasteiger partial charge in [0.05, 0.1) is 6.54 Å². The molecule has 4 nitrogen and oxygen atoms in total. The highest BCUT2D eigenvalue weighted by molar-refractivity contribution is 5.92. The van der Waals surface area contributed by atoms with Crippen LogP contribution in [0, 0.1) is 0 Å². The van der Waals surface area contributed by atoms with E-state index < -0.39 is 0 Å². The molecular weight excluding hydrogens is 214 g/mol. The van der Waals surface area contributed by atoms with Crippen LogP contribution in [0.4, 0.5) is 11.4 Å². The number of anilines is 2. The Morgan fingerprint density at radius 1 is 1.47 bits per heavy atom. The summed E-state index contributed by atoms with van der Waals surface area (Å²) in [5.41, 5.74) is 1.86. The van der Waals surface area contributed by atoms with Crippen LogP contribution in [-0.2, 0) is 4.79 Å². The van der Waals surface area contributed by atoms with Crippen molar-refractivity contribution in [3.8, 4) is 0 Å². The summed E-state index contributed by atoms with van der Waals surface area (Å²) in [5.74, 6) is -0.0530. The molecule has 0 fully saturated rings. The van der Waals surface area contributed by atoms with E-state index in [0.29, 0.717) is 6.54 Å². The molecule has 0 atom stereocenters. The Bertz CT molecular complexity index is 388. The van der Waals surface area contributed by atoms with Crippen molar-refractivity contribution in [3.63, 3.8) is 0 Å². The minimum Gasteiger partial charge on any atom is -0.378 e. The zero-order valence-corrected chi connectivity index (χ0v) is 10.4. The van der Waals surface area contributed by atoms with Gasteiger partial charge in [0.2, 0.25) is 5.91 Å². The molecule has 1 aromatic carbocycles. The van der Waals surface area contributed by atoms with E-state index in [1.54, 1.807) is 6.08 Å². The van der Waals surface area contributed by atoms with Crippen molar-refractivity contribution in [2.45, 2.75) is 0 Å². The van der Waals surface area contributed by atoms with Gasteiger partial charge in [-0.25, -0.2) is 0 Å². The molecule has 1 amide bonds. The van der Waals surface area contributed by atoms with Gasteiger partial charge in [-0.2, -0.15) is 0 Å². The van der Waals surface area contributed by atoms with Gasteiger partial charge in [-0.1, -0.05) is 12.1 Å². The number of carbonyl (C=O) groups is 1. The maximum Gasteiger partial charge on any atom is 0.238 e. The summed E-state index contributed by atoms with van der Waals surface area (Å²) in [6.07, 6.45) is 1.72. The van der Waals surface area contributed by atoms with E-state index >= 15 is 0 Å². The third-order valence-electron chi connectivity index (χ3n) is 2.22. The lowest BCUT2D eigenvalue weighted by atomic mass is 10.2. The number of nitrogens with one attached hydrogen (secondary N) is 2. The van der Waals surface area contributed by atoms with Gasteiger partial charge in [-0.15, -0.1) is 6.58 Å². The topological polar surface area (TPSA) is 44.4 Å². The Morgan fingerprint density at radius 2 is 2.24 bits per heavy atom. The number of carbonyl (C=O) groups excluding carboxylic acids is 1. The lowest BCUT2D eigenvalue weighted by Crippen LogP contribution is -2.28. The molecule has 0 aliphatic heterocycles. The van der Waals surface area contributed by atoms with Crippen molar-refractivity contribution in [2.24, 2.45) is 0 Å². The Hall–Kier alpha value is -1.81.